The number of nitrogens with zero attached hydrogens (tertiary/aromatic N) is 1. The normalized spacial score (nSPS) is 13.2. The summed E-state index contributed by atoms with van der Waals surface area (Å²) in [6.45, 7) is 8.44. The molecular weight excluding hydrogens is 522 g/mol. The van der Waals surface area contributed by atoms with E-state index in [1.165, 1.54) is 12.1 Å². The Labute approximate surface area is 217 Å². The number of phosphoric ester groups is 2. The molecule has 1 heterocycles. The number of primary amides is 1. The molecule has 11 nitrogen and oxygen atoms in total. The SMILES string of the molecule is CCCC(C)Cc1c(-c2ccc(OP(=O)(O)O)cc2)c(C(N)=O)c(CC(C)C)n1CCCOP(=O)(O)O. The third-order valence-corrected chi connectivity index (χ3v) is 6.77. The molecule has 37 heavy (non-hydrogen) atoms. The van der Waals surface area contributed by atoms with E-state index in [4.69, 9.17) is 25.3 Å². The number of carbonyl (C=O) groups excluding carboxylic acids is 1. The lowest BCUT2D eigenvalue weighted by molar-refractivity contribution is 0.0999. The summed E-state index contributed by atoms with van der Waals surface area (Å²) in [5.41, 5.74) is 9.17. The molecule has 6 N–H and O–H groups in total. The van der Waals surface area contributed by atoms with Gasteiger partial charge < -0.3 is 24.6 Å². The number of aromatic nitrogens is 1. The second kappa shape index (κ2) is 13.2. The van der Waals surface area contributed by atoms with Crippen LogP contribution in [0.25, 0.3) is 11.1 Å². The largest absolute Gasteiger partial charge is 0.524 e. The molecule has 2 rings (SSSR count). The average Bonchev–Trinajstić information content (AvgIpc) is 3.02. The minimum absolute atomic E-state index is 0.0185. The molecule has 1 aromatic carbocycles. The molecule has 1 amide bonds. The molecule has 0 saturated carbocycles. The summed E-state index contributed by atoms with van der Waals surface area (Å²) in [5, 5.41) is 0. The Morgan fingerprint density at radius 1 is 1.00 bits per heavy atom. The number of amides is 1. The van der Waals surface area contributed by atoms with E-state index in [2.05, 4.69) is 22.9 Å². The molecule has 0 aliphatic heterocycles. The van der Waals surface area contributed by atoms with Crippen LogP contribution in [0.15, 0.2) is 24.3 Å². The molecule has 0 aliphatic carbocycles. The van der Waals surface area contributed by atoms with Crippen LogP contribution in [-0.4, -0.2) is 36.7 Å². The quantitative estimate of drug-likeness (QED) is 0.156. The maximum atomic E-state index is 12.8. The lowest BCUT2D eigenvalue weighted by Gasteiger charge is -2.18. The van der Waals surface area contributed by atoms with Crippen LogP contribution < -0.4 is 10.3 Å². The molecule has 1 aromatic heterocycles. The van der Waals surface area contributed by atoms with Gasteiger partial charge in [-0.1, -0.05) is 52.7 Å². The van der Waals surface area contributed by atoms with E-state index in [1.807, 2.05) is 18.4 Å². The fraction of sp³-hybridized carbons (Fsp3) is 0.542. The van der Waals surface area contributed by atoms with Crippen molar-refractivity contribution in [3.63, 3.8) is 0 Å². The maximum Gasteiger partial charge on any atom is 0.524 e. The van der Waals surface area contributed by atoms with Gasteiger partial charge in [0, 0.05) is 23.5 Å². The van der Waals surface area contributed by atoms with E-state index >= 15 is 0 Å². The third kappa shape index (κ3) is 9.69. The van der Waals surface area contributed by atoms with Gasteiger partial charge in [-0.25, -0.2) is 9.13 Å². The van der Waals surface area contributed by atoms with E-state index in [1.54, 1.807) is 12.1 Å². The summed E-state index contributed by atoms with van der Waals surface area (Å²) in [5.74, 6) is -0.162. The smallest absolute Gasteiger partial charge is 0.404 e. The van der Waals surface area contributed by atoms with Crippen LogP contribution in [-0.2, 0) is 33.0 Å². The second-order valence-electron chi connectivity index (χ2n) is 9.64. The zero-order chi connectivity index (χ0) is 28.0. The van der Waals surface area contributed by atoms with Crippen LogP contribution in [0, 0.1) is 11.8 Å². The Morgan fingerprint density at radius 3 is 2.11 bits per heavy atom. The first-order valence-corrected chi connectivity index (χ1v) is 15.3. The third-order valence-electron chi connectivity index (χ3n) is 5.80. The topological polar surface area (TPSA) is 182 Å². The summed E-state index contributed by atoms with van der Waals surface area (Å²) in [7, 11) is -9.33. The molecular formula is C24H38N2O9P2. The molecule has 208 valence electrons. The van der Waals surface area contributed by atoms with E-state index < -0.39 is 21.6 Å². The van der Waals surface area contributed by atoms with Crippen molar-refractivity contribution in [2.24, 2.45) is 17.6 Å². The highest BCUT2D eigenvalue weighted by Crippen LogP contribution is 2.41. The lowest BCUT2D eigenvalue weighted by Crippen LogP contribution is -2.17. The number of benzene rings is 1. The highest BCUT2D eigenvalue weighted by molar-refractivity contribution is 7.46. The van der Waals surface area contributed by atoms with Gasteiger partial charge >= 0.3 is 15.6 Å². The van der Waals surface area contributed by atoms with Crippen molar-refractivity contribution in [3.05, 3.63) is 41.2 Å². The zero-order valence-electron chi connectivity index (χ0n) is 21.7. The summed E-state index contributed by atoms with van der Waals surface area (Å²) < 4.78 is 33.7. The highest BCUT2D eigenvalue weighted by Gasteiger charge is 2.28. The number of phosphoric acid groups is 2. The van der Waals surface area contributed by atoms with Crippen molar-refractivity contribution in [1.82, 2.24) is 4.57 Å². The first-order chi connectivity index (χ1) is 17.1. The Kier molecular flexibility index (Phi) is 11.1. The Morgan fingerprint density at radius 2 is 1.62 bits per heavy atom. The van der Waals surface area contributed by atoms with Crippen molar-refractivity contribution in [3.8, 4) is 16.9 Å². The molecule has 0 radical (unpaired) electrons. The van der Waals surface area contributed by atoms with Gasteiger partial charge in [0.2, 0.25) is 0 Å². The monoisotopic (exact) mass is 560 g/mol. The maximum absolute atomic E-state index is 12.8. The van der Waals surface area contributed by atoms with Gasteiger partial charge in [-0.05, 0) is 48.8 Å². The van der Waals surface area contributed by atoms with Crippen LogP contribution in [0.5, 0.6) is 5.75 Å². The van der Waals surface area contributed by atoms with E-state index in [9.17, 15) is 13.9 Å². The number of nitrogens with two attached hydrogens (primary N) is 1. The number of rotatable bonds is 15. The van der Waals surface area contributed by atoms with Crippen molar-refractivity contribution >= 4 is 21.6 Å². The molecule has 2 aromatic rings. The van der Waals surface area contributed by atoms with Gasteiger partial charge in [0.25, 0.3) is 5.91 Å². The molecule has 0 spiro atoms. The zero-order valence-corrected chi connectivity index (χ0v) is 23.5. The molecule has 0 saturated heterocycles. The van der Waals surface area contributed by atoms with Crippen LogP contribution in [0.4, 0.5) is 0 Å². The summed E-state index contributed by atoms with van der Waals surface area (Å²) in [6, 6.07) is 6.10. The van der Waals surface area contributed by atoms with Crippen molar-refractivity contribution in [2.45, 2.75) is 66.3 Å². The molecule has 1 unspecified atom stereocenters. The predicted octanol–water partition coefficient (Wildman–Crippen LogP) is 4.40. The first kappa shape index (κ1) is 31.2. The summed E-state index contributed by atoms with van der Waals surface area (Å²) in [4.78, 5) is 49.2. The Balaban J connectivity index is 2.69. The minimum atomic E-state index is -4.73. The van der Waals surface area contributed by atoms with Gasteiger partial charge in [-0.15, -0.1) is 0 Å². The molecule has 13 heteroatoms. The summed E-state index contributed by atoms with van der Waals surface area (Å²) >= 11 is 0. The van der Waals surface area contributed by atoms with Gasteiger partial charge in [0.05, 0.1) is 12.2 Å². The molecule has 0 bridgehead atoms. The Bertz CT molecular complexity index is 1150. The van der Waals surface area contributed by atoms with E-state index in [0.717, 1.165) is 24.2 Å². The van der Waals surface area contributed by atoms with E-state index in [-0.39, 0.29) is 24.2 Å². The van der Waals surface area contributed by atoms with Crippen molar-refractivity contribution in [1.29, 1.82) is 0 Å². The van der Waals surface area contributed by atoms with Gasteiger partial charge in [0.15, 0.2) is 0 Å². The highest BCUT2D eigenvalue weighted by atomic mass is 31.2. The van der Waals surface area contributed by atoms with Gasteiger partial charge in [-0.2, -0.15) is 0 Å². The Hall–Kier alpha value is -1.97. The number of carbonyl (C=O) groups is 1. The molecule has 0 aliphatic rings. The van der Waals surface area contributed by atoms with Gasteiger partial charge in [-0.3, -0.25) is 19.1 Å². The average molecular weight is 561 g/mol. The number of hydrogen-bond donors (Lipinski definition) is 5. The minimum Gasteiger partial charge on any atom is -0.404 e. The van der Waals surface area contributed by atoms with Crippen LogP contribution in [0.3, 0.4) is 0 Å². The van der Waals surface area contributed by atoms with Crippen molar-refractivity contribution in [2.75, 3.05) is 6.61 Å². The fourth-order valence-corrected chi connectivity index (χ4v) is 5.29. The predicted molar refractivity (Wildman–Crippen MR) is 140 cm³/mol. The fourth-order valence-electron chi connectivity index (χ4n) is 4.53. The van der Waals surface area contributed by atoms with Crippen LogP contribution >= 0.6 is 15.6 Å². The summed E-state index contributed by atoms with van der Waals surface area (Å²) in [6.07, 6.45) is 3.40. The van der Waals surface area contributed by atoms with Crippen LogP contribution in [0.1, 0.15) is 68.7 Å². The van der Waals surface area contributed by atoms with E-state index in [0.29, 0.717) is 42.5 Å². The molecule has 0 fully saturated rings. The number of hydrogen-bond acceptors (Lipinski definition) is 5. The van der Waals surface area contributed by atoms with Crippen molar-refractivity contribution < 1.29 is 42.5 Å². The standard InChI is InChI=1S/C24H38N2O9P2/c1-5-7-17(4)15-21-22(18-8-10-19(11-9-18)35-37(31,32)33)23(24(25)27)20(14-16(2)3)26(21)12-6-13-34-36(28,29)30/h8-11,16-17H,5-7,12-15H2,1-4H3,(H2,25,27)(H2,28,29,30)(H2,31,32,33). The second-order valence-corrected chi connectivity index (χ2v) is 12.0. The van der Waals surface area contributed by atoms with Gasteiger partial charge in [0.1, 0.15) is 5.75 Å². The lowest BCUT2D eigenvalue weighted by atomic mass is 9.92. The molecule has 1 atom stereocenters. The first-order valence-electron chi connectivity index (χ1n) is 12.2. The van der Waals surface area contributed by atoms with Crippen LogP contribution in [0.2, 0.25) is 0 Å².